The van der Waals surface area contributed by atoms with Crippen molar-refractivity contribution in [3.05, 3.63) is 41.2 Å². The summed E-state index contributed by atoms with van der Waals surface area (Å²) in [5.41, 5.74) is -2.15. The molecular weight excluding hydrogens is 401 g/mol. The molecule has 0 aliphatic carbocycles. The van der Waals surface area contributed by atoms with Crippen LogP contribution in [0.15, 0.2) is 18.2 Å². The van der Waals surface area contributed by atoms with Crippen molar-refractivity contribution < 1.29 is 39.8 Å². The highest BCUT2D eigenvalue weighted by molar-refractivity contribution is 7.93. The van der Waals surface area contributed by atoms with Gasteiger partial charge < -0.3 is 9.47 Å². The molecule has 1 aromatic carbocycles. The molecule has 1 atom stereocenters. The molecule has 0 saturated heterocycles. The number of halogens is 5. The third-order valence-corrected chi connectivity index (χ3v) is 4.18. The zero-order valence-electron chi connectivity index (χ0n) is 13.7. The summed E-state index contributed by atoms with van der Waals surface area (Å²) in [6.45, 7) is 0. The van der Waals surface area contributed by atoms with Crippen LogP contribution in [0.4, 0.5) is 27.6 Å². The number of sulfonamides is 1. The summed E-state index contributed by atoms with van der Waals surface area (Å²) in [6.07, 6.45) is -2.43. The molecule has 1 aromatic heterocycles. The standard InChI is InChI=1S/C14H12F5N3O4S/c1-25-8-5-9(26-2)21-13(20-8)10(16)6-3-4-7(15)11(17)12(6)22-27(23,24)14(18)19/h3-5,10,14,22H,1-2H3. The molecule has 0 aliphatic rings. The van der Waals surface area contributed by atoms with E-state index in [1.165, 1.54) is 20.3 Å². The molecule has 0 amide bonds. The topological polar surface area (TPSA) is 90.4 Å². The fraction of sp³-hybridized carbons (Fsp3) is 0.286. The van der Waals surface area contributed by atoms with Crippen molar-refractivity contribution in [1.82, 2.24) is 9.97 Å². The Kier molecular flexibility index (Phi) is 6.03. The van der Waals surface area contributed by atoms with Crippen molar-refractivity contribution in [2.45, 2.75) is 11.9 Å². The third-order valence-electron chi connectivity index (χ3n) is 3.22. The summed E-state index contributed by atoms with van der Waals surface area (Å²) >= 11 is 0. The van der Waals surface area contributed by atoms with Gasteiger partial charge in [-0.1, -0.05) is 6.07 Å². The van der Waals surface area contributed by atoms with E-state index in [1.54, 1.807) is 0 Å². The van der Waals surface area contributed by atoms with Crippen LogP contribution in [0.2, 0.25) is 0 Å². The molecule has 13 heteroatoms. The number of benzene rings is 1. The van der Waals surface area contributed by atoms with Gasteiger partial charge in [0.15, 0.2) is 23.6 Å². The zero-order chi connectivity index (χ0) is 20.4. The quantitative estimate of drug-likeness (QED) is 0.702. The molecular formula is C14H12F5N3O4S. The summed E-state index contributed by atoms with van der Waals surface area (Å²) in [5, 5.41) is 0. The van der Waals surface area contributed by atoms with E-state index < -0.39 is 50.7 Å². The van der Waals surface area contributed by atoms with Gasteiger partial charge in [0.05, 0.1) is 26.0 Å². The fourth-order valence-corrected chi connectivity index (χ4v) is 2.53. The molecule has 7 nitrogen and oxygen atoms in total. The minimum absolute atomic E-state index is 0.142. The lowest BCUT2D eigenvalue weighted by molar-refractivity contribution is 0.236. The van der Waals surface area contributed by atoms with Crippen molar-refractivity contribution in [2.24, 2.45) is 0 Å². The van der Waals surface area contributed by atoms with Gasteiger partial charge in [0, 0.05) is 5.56 Å². The third kappa shape index (κ3) is 4.35. The number of rotatable bonds is 7. The van der Waals surface area contributed by atoms with Gasteiger partial charge in [-0.25, -0.2) is 21.6 Å². The van der Waals surface area contributed by atoms with Gasteiger partial charge in [-0.05, 0) is 6.07 Å². The highest BCUT2D eigenvalue weighted by atomic mass is 32.2. The number of alkyl halides is 3. The summed E-state index contributed by atoms with van der Waals surface area (Å²) < 4.78 is 101. The van der Waals surface area contributed by atoms with Crippen LogP contribution >= 0.6 is 0 Å². The summed E-state index contributed by atoms with van der Waals surface area (Å²) in [7, 11) is -2.99. The number of nitrogens with one attached hydrogen (secondary N) is 1. The molecule has 2 aromatic rings. The lowest BCUT2D eigenvalue weighted by Gasteiger charge is -2.16. The molecule has 0 bridgehead atoms. The van der Waals surface area contributed by atoms with Crippen LogP contribution in [0.1, 0.15) is 17.6 Å². The first-order valence-corrected chi connectivity index (χ1v) is 8.54. The van der Waals surface area contributed by atoms with Gasteiger partial charge >= 0.3 is 5.76 Å². The highest BCUT2D eigenvalue weighted by Gasteiger charge is 2.31. The number of methoxy groups -OCH3 is 2. The molecule has 0 radical (unpaired) electrons. The molecule has 0 fully saturated rings. The maximum atomic E-state index is 14.9. The Morgan fingerprint density at radius 3 is 2.07 bits per heavy atom. The lowest BCUT2D eigenvalue weighted by atomic mass is 10.1. The van der Waals surface area contributed by atoms with Crippen molar-refractivity contribution in [3.8, 4) is 11.8 Å². The van der Waals surface area contributed by atoms with E-state index in [1.807, 2.05) is 0 Å². The Hall–Kier alpha value is -2.70. The van der Waals surface area contributed by atoms with Gasteiger partial charge in [-0.15, -0.1) is 0 Å². The molecule has 27 heavy (non-hydrogen) atoms. The molecule has 2 rings (SSSR count). The molecule has 0 aliphatic heterocycles. The Bertz CT molecular complexity index is 920. The molecule has 1 N–H and O–H groups in total. The van der Waals surface area contributed by atoms with Gasteiger partial charge in [0.1, 0.15) is 0 Å². The van der Waals surface area contributed by atoms with Crippen LogP contribution in [-0.2, 0) is 10.0 Å². The predicted molar refractivity (Wildman–Crippen MR) is 83.0 cm³/mol. The van der Waals surface area contributed by atoms with E-state index in [4.69, 9.17) is 9.47 Å². The first-order valence-electron chi connectivity index (χ1n) is 6.99. The second kappa shape index (κ2) is 7.90. The van der Waals surface area contributed by atoms with Gasteiger partial charge in [0.25, 0.3) is 10.0 Å². The smallest absolute Gasteiger partial charge is 0.355 e. The monoisotopic (exact) mass is 413 g/mol. The molecule has 0 spiro atoms. The van der Waals surface area contributed by atoms with Crippen LogP contribution in [0.5, 0.6) is 11.8 Å². The Morgan fingerprint density at radius 1 is 1.04 bits per heavy atom. The van der Waals surface area contributed by atoms with E-state index in [-0.39, 0.29) is 11.8 Å². The lowest BCUT2D eigenvalue weighted by Crippen LogP contribution is -2.23. The minimum atomic E-state index is -5.40. The second-order valence-electron chi connectivity index (χ2n) is 4.91. The Labute approximate surface area is 150 Å². The van der Waals surface area contributed by atoms with E-state index in [0.717, 1.165) is 4.72 Å². The van der Waals surface area contributed by atoms with E-state index >= 15 is 0 Å². The highest BCUT2D eigenvalue weighted by Crippen LogP contribution is 2.35. The normalized spacial score (nSPS) is 12.7. The molecule has 1 unspecified atom stereocenters. The zero-order valence-corrected chi connectivity index (χ0v) is 14.5. The largest absolute Gasteiger partial charge is 0.481 e. The van der Waals surface area contributed by atoms with Crippen molar-refractivity contribution in [2.75, 3.05) is 18.9 Å². The first kappa shape index (κ1) is 20.6. The molecule has 1 heterocycles. The Balaban J connectivity index is 2.60. The number of hydrogen-bond donors (Lipinski definition) is 1. The van der Waals surface area contributed by atoms with Crippen LogP contribution in [-0.4, -0.2) is 38.4 Å². The van der Waals surface area contributed by atoms with Crippen LogP contribution in [0, 0.1) is 11.6 Å². The average Bonchev–Trinajstić information content (AvgIpc) is 2.64. The number of aromatic nitrogens is 2. The second-order valence-corrected chi connectivity index (χ2v) is 6.56. The van der Waals surface area contributed by atoms with Gasteiger partial charge in [-0.2, -0.15) is 18.7 Å². The van der Waals surface area contributed by atoms with E-state index in [0.29, 0.717) is 12.1 Å². The number of ether oxygens (including phenoxy) is 2. The van der Waals surface area contributed by atoms with E-state index in [2.05, 4.69) is 9.97 Å². The van der Waals surface area contributed by atoms with Gasteiger partial charge in [-0.3, -0.25) is 4.72 Å². The SMILES string of the molecule is COc1cc(OC)nc(C(F)c2ccc(F)c(F)c2NS(=O)(=O)C(F)F)n1. The maximum absolute atomic E-state index is 14.9. The summed E-state index contributed by atoms with van der Waals surface area (Å²) in [4.78, 5) is 7.34. The predicted octanol–water partition coefficient (Wildman–Crippen LogP) is 2.80. The van der Waals surface area contributed by atoms with Crippen molar-refractivity contribution in [1.29, 1.82) is 0 Å². The fourth-order valence-electron chi connectivity index (χ4n) is 1.95. The minimum Gasteiger partial charge on any atom is -0.481 e. The summed E-state index contributed by atoms with van der Waals surface area (Å²) in [5.74, 6) is -8.35. The maximum Gasteiger partial charge on any atom is 0.355 e. The average molecular weight is 413 g/mol. The molecule has 0 saturated carbocycles. The number of nitrogens with zero attached hydrogens (tertiary/aromatic N) is 2. The Morgan fingerprint density at radius 2 is 1.59 bits per heavy atom. The van der Waals surface area contributed by atoms with Crippen molar-refractivity contribution in [3.63, 3.8) is 0 Å². The number of anilines is 1. The van der Waals surface area contributed by atoms with Gasteiger partial charge in [0.2, 0.25) is 11.8 Å². The van der Waals surface area contributed by atoms with Crippen LogP contribution in [0.25, 0.3) is 0 Å². The first-order chi connectivity index (χ1) is 12.6. The van der Waals surface area contributed by atoms with Crippen LogP contribution < -0.4 is 14.2 Å². The van der Waals surface area contributed by atoms with Crippen LogP contribution in [0.3, 0.4) is 0 Å². The summed E-state index contributed by atoms with van der Waals surface area (Å²) in [6, 6.07) is 2.36. The van der Waals surface area contributed by atoms with Crippen molar-refractivity contribution >= 4 is 15.7 Å². The molecule has 148 valence electrons. The van der Waals surface area contributed by atoms with E-state index in [9.17, 15) is 30.4 Å². The number of hydrogen-bond acceptors (Lipinski definition) is 6.